The van der Waals surface area contributed by atoms with E-state index in [4.69, 9.17) is 21.1 Å². The minimum Gasteiger partial charge on any atom is -0.478 e. The van der Waals surface area contributed by atoms with Crippen LogP contribution in [0, 0.1) is 5.41 Å². The Morgan fingerprint density at radius 3 is 1.77 bits per heavy atom. The van der Waals surface area contributed by atoms with Crippen LogP contribution in [-0.4, -0.2) is 84.0 Å². The van der Waals surface area contributed by atoms with Crippen molar-refractivity contribution in [2.75, 3.05) is 37.7 Å². The normalized spacial score (nSPS) is 12.7. The van der Waals surface area contributed by atoms with Gasteiger partial charge in [0.05, 0.1) is 6.61 Å². The highest BCUT2D eigenvalue weighted by Crippen LogP contribution is 2.24. The molecule has 0 heterocycles. The van der Waals surface area contributed by atoms with Crippen molar-refractivity contribution in [2.45, 2.75) is 104 Å². The van der Waals surface area contributed by atoms with Gasteiger partial charge < -0.3 is 30.5 Å². The first kappa shape index (κ1) is 55.6. The van der Waals surface area contributed by atoms with Gasteiger partial charge in [-0.3, -0.25) is 24.0 Å². The van der Waals surface area contributed by atoms with E-state index in [1.165, 1.54) is 0 Å². The Bertz CT molecular complexity index is 1880. The smallest absolute Gasteiger partial charge is 0.305 e. The number of hydrogen-bond acceptors (Lipinski definition) is 10. The number of unbranched alkanes of at least 4 members (excludes halogenated alkanes) is 1. The summed E-state index contributed by atoms with van der Waals surface area (Å²) in [5.41, 5.74) is -1.16. The summed E-state index contributed by atoms with van der Waals surface area (Å²) in [6.45, 7) is 9.53. The number of carbonyl (C=O) groups is 5. The lowest BCUT2D eigenvalue weighted by Gasteiger charge is -2.29. The third-order valence-electron chi connectivity index (χ3n) is 9.36. The zero-order valence-electron chi connectivity index (χ0n) is 38.1. The highest BCUT2D eigenvalue weighted by molar-refractivity contribution is 8.76. The molecule has 0 bridgehead atoms. The predicted molar refractivity (Wildman–Crippen MR) is 264 cm³/mol. The van der Waals surface area contributed by atoms with Crippen molar-refractivity contribution >= 4 is 62.7 Å². The average molecular weight is 939 g/mol. The SMILES string of the molecule is CC/C=C\C/C=C\C/C=C\C/C=C\C/C=C\CCCC(=O)OCC(C)(C)[C@@H](O)C(=O)NCCC(=O)NCCSSCCNC(=O)C(C)(C)Oc1ccc(C(=O)c2ccc(Cl)cc2)cc1. The van der Waals surface area contributed by atoms with E-state index in [1.54, 1.807) is 97.8 Å². The molecule has 2 rings (SSSR count). The lowest BCUT2D eigenvalue weighted by molar-refractivity contribution is -0.153. The van der Waals surface area contributed by atoms with E-state index < -0.39 is 23.0 Å². The van der Waals surface area contributed by atoms with Crippen LogP contribution < -0.4 is 20.7 Å². The molecule has 0 fully saturated rings. The first-order valence-electron chi connectivity index (χ1n) is 21.9. The maximum Gasteiger partial charge on any atom is 0.305 e. The van der Waals surface area contributed by atoms with Crippen molar-refractivity contribution in [3.05, 3.63) is 125 Å². The Morgan fingerprint density at radius 1 is 0.688 bits per heavy atom. The van der Waals surface area contributed by atoms with Crippen molar-refractivity contribution in [3.8, 4) is 5.75 Å². The summed E-state index contributed by atoms with van der Waals surface area (Å²) in [6.07, 6.45) is 26.4. The van der Waals surface area contributed by atoms with Gasteiger partial charge in [0, 0.05) is 65.5 Å². The van der Waals surface area contributed by atoms with Crippen LogP contribution >= 0.6 is 33.2 Å². The summed E-state index contributed by atoms with van der Waals surface area (Å²) in [5.74, 6) is 0.0410. The molecule has 2 aromatic carbocycles. The van der Waals surface area contributed by atoms with Crippen LogP contribution in [0.5, 0.6) is 5.75 Å². The molecule has 2 aromatic rings. The van der Waals surface area contributed by atoms with Crippen LogP contribution in [0.25, 0.3) is 0 Å². The Balaban J connectivity index is 1.50. The summed E-state index contributed by atoms with van der Waals surface area (Å²) < 4.78 is 11.3. The van der Waals surface area contributed by atoms with Gasteiger partial charge in [0.15, 0.2) is 11.4 Å². The highest BCUT2D eigenvalue weighted by Gasteiger charge is 2.35. The van der Waals surface area contributed by atoms with E-state index in [0.717, 1.165) is 38.5 Å². The summed E-state index contributed by atoms with van der Waals surface area (Å²) in [7, 11) is 3.11. The Kier molecular flexibility index (Phi) is 27.9. The predicted octanol–water partition coefficient (Wildman–Crippen LogP) is 9.70. The zero-order chi connectivity index (χ0) is 47.1. The minimum absolute atomic E-state index is 0.0408. The third-order valence-corrected chi connectivity index (χ3v) is 12.0. The molecule has 0 saturated heterocycles. The van der Waals surface area contributed by atoms with Gasteiger partial charge in [-0.2, -0.15) is 0 Å². The molecule has 0 spiro atoms. The minimum atomic E-state index is -1.43. The number of ether oxygens (including phenoxy) is 2. The number of aliphatic hydroxyl groups is 1. The number of aliphatic hydroxyl groups excluding tert-OH is 1. The fourth-order valence-corrected chi connectivity index (χ4v) is 7.48. The molecule has 0 aromatic heterocycles. The fraction of sp³-hybridized carbons (Fsp3) is 0.460. The molecular formula is C50H68ClN3O8S2. The van der Waals surface area contributed by atoms with E-state index in [-0.39, 0.29) is 49.6 Å². The largest absolute Gasteiger partial charge is 0.478 e. The summed E-state index contributed by atoms with van der Waals surface area (Å²) in [6, 6.07) is 13.3. The second-order valence-electron chi connectivity index (χ2n) is 15.9. The molecule has 0 aliphatic heterocycles. The molecule has 350 valence electrons. The van der Waals surface area contributed by atoms with Gasteiger partial charge in [-0.1, -0.05) is 115 Å². The molecule has 64 heavy (non-hydrogen) atoms. The van der Waals surface area contributed by atoms with Crippen LogP contribution in [0.15, 0.2) is 109 Å². The molecule has 1 atom stereocenters. The third kappa shape index (κ3) is 24.5. The molecule has 0 saturated carbocycles. The molecule has 14 heteroatoms. The van der Waals surface area contributed by atoms with Crippen molar-refractivity contribution in [1.82, 2.24) is 16.0 Å². The van der Waals surface area contributed by atoms with E-state index in [1.807, 2.05) is 6.08 Å². The van der Waals surface area contributed by atoms with Crippen LogP contribution in [0.2, 0.25) is 5.02 Å². The number of allylic oxidation sites excluding steroid dienone is 10. The molecule has 3 amide bonds. The van der Waals surface area contributed by atoms with Crippen LogP contribution in [0.1, 0.15) is 108 Å². The second-order valence-corrected chi connectivity index (χ2v) is 19.1. The van der Waals surface area contributed by atoms with Crippen molar-refractivity contribution in [1.29, 1.82) is 0 Å². The van der Waals surface area contributed by atoms with Gasteiger partial charge in [-0.15, -0.1) is 0 Å². The molecule has 11 nitrogen and oxygen atoms in total. The number of hydrogen-bond donors (Lipinski definition) is 4. The van der Waals surface area contributed by atoms with Crippen molar-refractivity contribution < 1.29 is 38.6 Å². The molecular weight excluding hydrogens is 870 g/mol. The van der Waals surface area contributed by atoms with Crippen molar-refractivity contribution in [2.24, 2.45) is 5.41 Å². The number of nitrogens with one attached hydrogen (secondary N) is 3. The average Bonchev–Trinajstić information content (AvgIpc) is 3.27. The van der Waals surface area contributed by atoms with Gasteiger partial charge in [0.2, 0.25) is 11.8 Å². The summed E-state index contributed by atoms with van der Waals surface area (Å²) >= 11 is 5.92. The summed E-state index contributed by atoms with van der Waals surface area (Å²) in [5, 5.41) is 19.5. The van der Waals surface area contributed by atoms with Crippen LogP contribution in [-0.2, 0) is 23.9 Å². The molecule has 0 aliphatic rings. The van der Waals surface area contributed by atoms with Gasteiger partial charge in [0.25, 0.3) is 5.91 Å². The first-order valence-corrected chi connectivity index (χ1v) is 24.8. The second kappa shape index (κ2) is 32.2. The van der Waals surface area contributed by atoms with Gasteiger partial charge in [0.1, 0.15) is 11.9 Å². The Labute approximate surface area is 393 Å². The fourth-order valence-electron chi connectivity index (χ4n) is 5.54. The van der Waals surface area contributed by atoms with E-state index >= 15 is 0 Å². The number of esters is 1. The summed E-state index contributed by atoms with van der Waals surface area (Å²) in [4.78, 5) is 62.7. The lowest BCUT2D eigenvalue weighted by atomic mass is 9.87. The number of ketones is 1. The lowest BCUT2D eigenvalue weighted by Crippen LogP contribution is -2.47. The standard InChI is InChI=1S/C50H68ClN3O8S2/c1-6-7-8-9-10-11-12-13-14-15-16-17-18-19-20-21-22-23-44(56)61-38-49(2,3)46(58)47(59)53-33-32-43(55)52-34-36-63-64-37-35-54-48(60)50(4,5)62-42-30-26-40(27-31-42)45(57)39-24-28-41(51)29-25-39/h7-8,10-11,13-14,16-17,19-20,24-31,46,58H,6,9,12,15,18,21-23,32-38H2,1-5H3,(H,52,55)(H,53,59)(H,54,60)/b8-7-,11-10-,14-13-,17-16-,20-19-/t46-/m0/s1. The topological polar surface area (TPSA) is 160 Å². The van der Waals surface area contributed by atoms with Gasteiger partial charge in [-0.25, -0.2) is 0 Å². The molecule has 4 N–H and O–H groups in total. The zero-order valence-corrected chi connectivity index (χ0v) is 40.5. The van der Waals surface area contributed by atoms with Crippen LogP contribution in [0.3, 0.4) is 0 Å². The quantitative estimate of drug-likeness (QED) is 0.0183. The van der Waals surface area contributed by atoms with E-state index in [2.05, 4.69) is 77.6 Å². The number of carbonyl (C=O) groups excluding carboxylic acids is 5. The van der Waals surface area contributed by atoms with Gasteiger partial charge in [-0.05, 0) is 107 Å². The number of amides is 3. The number of benzene rings is 2. The van der Waals surface area contributed by atoms with E-state index in [0.29, 0.717) is 52.9 Å². The maximum atomic E-state index is 12.8. The number of rotatable bonds is 32. The van der Waals surface area contributed by atoms with Crippen LogP contribution in [0.4, 0.5) is 0 Å². The van der Waals surface area contributed by atoms with E-state index in [9.17, 15) is 29.1 Å². The van der Waals surface area contributed by atoms with Gasteiger partial charge >= 0.3 is 5.97 Å². The van der Waals surface area contributed by atoms with Crippen molar-refractivity contribution in [3.63, 3.8) is 0 Å². The number of halogens is 1. The Hall–Kier alpha value is -4.56. The molecule has 0 aliphatic carbocycles. The first-order chi connectivity index (χ1) is 30.7. The molecule has 0 radical (unpaired) electrons. The molecule has 0 unspecified atom stereocenters. The highest BCUT2D eigenvalue weighted by atomic mass is 35.5. The maximum absolute atomic E-state index is 12.8. The Morgan fingerprint density at radius 2 is 1.20 bits per heavy atom. The monoisotopic (exact) mass is 937 g/mol.